The lowest BCUT2D eigenvalue weighted by Crippen LogP contribution is -2.41. The zero-order valence-corrected chi connectivity index (χ0v) is 9.95. The molecular formula is C14H13NO3. The molecule has 2 amide bonds. The van der Waals surface area contributed by atoms with Crippen molar-refractivity contribution in [2.75, 3.05) is 0 Å². The highest BCUT2D eigenvalue weighted by Crippen LogP contribution is 2.42. The van der Waals surface area contributed by atoms with E-state index in [0.717, 1.165) is 5.56 Å². The molecule has 2 aliphatic heterocycles. The number of benzene rings is 1. The van der Waals surface area contributed by atoms with Crippen LogP contribution >= 0.6 is 0 Å². The van der Waals surface area contributed by atoms with Gasteiger partial charge in [-0.05, 0) is 12.5 Å². The fourth-order valence-electron chi connectivity index (χ4n) is 2.36. The summed E-state index contributed by atoms with van der Waals surface area (Å²) in [5.41, 5.74) is 1.08. The van der Waals surface area contributed by atoms with Crippen molar-refractivity contribution in [3.05, 3.63) is 48.0 Å². The van der Waals surface area contributed by atoms with Crippen LogP contribution in [0.5, 0.6) is 0 Å². The summed E-state index contributed by atoms with van der Waals surface area (Å²) in [5.74, 6) is -0.510. The molecule has 4 nitrogen and oxygen atoms in total. The van der Waals surface area contributed by atoms with Crippen molar-refractivity contribution in [2.45, 2.75) is 25.2 Å². The lowest BCUT2D eigenvalue weighted by Gasteiger charge is -2.20. The van der Waals surface area contributed by atoms with E-state index in [4.69, 9.17) is 4.74 Å². The third kappa shape index (κ3) is 1.75. The molecule has 0 saturated carbocycles. The van der Waals surface area contributed by atoms with Crippen LogP contribution in [0.25, 0.3) is 0 Å². The lowest BCUT2D eigenvalue weighted by atomic mass is 10.1. The topological polar surface area (TPSA) is 49.9 Å². The van der Waals surface area contributed by atoms with E-state index in [0.29, 0.717) is 0 Å². The molecule has 0 radical (unpaired) electrons. The van der Waals surface area contributed by atoms with Crippen molar-refractivity contribution in [1.82, 2.24) is 4.90 Å². The maximum atomic E-state index is 11.6. The maximum absolute atomic E-state index is 11.6. The minimum Gasteiger partial charge on any atom is -0.362 e. The molecule has 1 saturated heterocycles. The smallest absolute Gasteiger partial charge is 0.253 e. The van der Waals surface area contributed by atoms with Gasteiger partial charge in [0.1, 0.15) is 12.2 Å². The quantitative estimate of drug-likeness (QED) is 0.596. The third-order valence-corrected chi connectivity index (χ3v) is 3.38. The van der Waals surface area contributed by atoms with Crippen molar-refractivity contribution in [3.63, 3.8) is 0 Å². The zero-order valence-electron chi connectivity index (χ0n) is 9.95. The van der Waals surface area contributed by atoms with Gasteiger partial charge in [-0.15, -0.1) is 0 Å². The number of nitrogens with zero attached hydrogens (tertiary/aromatic N) is 1. The summed E-state index contributed by atoms with van der Waals surface area (Å²) in [6, 6.07) is 9.60. The Kier molecular flexibility index (Phi) is 2.52. The van der Waals surface area contributed by atoms with Gasteiger partial charge in [-0.3, -0.25) is 14.5 Å². The molecule has 3 unspecified atom stereocenters. The van der Waals surface area contributed by atoms with Crippen LogP contribution in [0.2, 0.25) is 0 Å². The van der Waals surface area contributed by atoms with Gasteiger partial charge in [0, 0.05) is 12.2 Å². The Morgan fingerprint density at radius 1 is 1.11 bits per heavy atom. The molecule has 0 bridgehead atoms. The predicted octanol–water partition coefficient (Wildman–Crippen LogP) is 1.44. The number of ether oxygens (including phenoxy) is 1. The zero-order chi connectivity index (χ0) is 12.7. The van der Waals surface area contributed by atoms with Crippen molar-refractivity contribution >= 4 is 11.8 Å². The van der Waals surface area contributed by atoms with Crippen LogP contribution in [0, 0.1) is 0 Å². The minimum absolute atomic E-state index is 0.0117. The van der Waals surface area contributed by atoms with Gasteiger partial charge in [0.2, 0.25) is 0 Å². The summed E-state index contributed by atoms with van der Waals surface area (Å²) in [6.45, 7) is 1.84. The summed E-state index contributed by atoms with van der Waals surface area (Å²) in [6.07, 6.45) is 2.50. The minimum atomic E-state index is -0.255. The molecule has 3 rings (SSSR count). The van der Waals surface area contributed by atoms with Crippen molar-refractivity contribution < 1.29 is 14.3 Å². The summed E-state index contributed by atoms with van der Waals surface area (Å²) in [5, 5.41) is 0. The molecule has 2 aliphatic rings. The first-order chi connectivity index (χ1) is 8.68. The monoisotopic (exact) mass is 243 g/mol. The second-order valence-corrected chi connectivity index (χ2v) is 4.55. The molecule has 0 spiro atoms. The van der Waals surface area contributed by atoms with Gasteiger partial charge in [-0.2, -0.15) is 0 Å². The molecule has 0 aliphatic carbocycles. The summed E-state index contributed by atoms with van der Waals surface area (Å²) in [4.78, 5) is 24.4. The summed E-state index contributed by atoms with van der Waals surface area (Å²) >= 11 is 0. The molecule has 1 fully saturated rings. The second-order valence-electron chi connectivity index (χ2n) is 4.55. The van der Waals surface area contributed by atoms with Gasteiger partial charge in [-0.25, -0.2) is 0 Å². The fraction of sp³-hybridized carbons (Fsp3) is 0.286. The Hall–Kier alpha value is -1.94. The molecule has 0 aromatic heterocycles. The molecule has 18 heavy (non-hydrogen) atoms. The molecule has 3 atom stereocenters. The Balaban J connectivity index is 1.72. The molecule has 1 aromatic carbocycles. The van der Waals surface area contributed by atoms with Crippen LogP contribution in [-0.2, 0) is 14.3 Å². The van der Waals surface area contributed by atoms with Gasteiger partial charge < -0.3 is 4.74 Å². The number of carbonyl (C=O) groups is 2. The van der Waals surface area contributed by atoms with Gasteiger partial charge in [-0.1, -0.05) is 30.3 Å². The highest BCUT2D eigenvalue weighted by atomic mass is 16.6. The van der Waals surface area contributed by atoms with E-state index in [1.165, 1.54) is 17.1 Å². The summed E-state index contributed by atoms with van der Waals surface area (Å²) < 4.78 is 5.60. The highest BCUT2D eigenvalue weighted by Gasteiger charge is 2.48. The van der Waals surface area contributed by atoms with E-state index >= 15 is 0 Å². The number of carbonyl (C=O) groups excluding carboxylic acids is 2. The lowest BCUT2D eigenvalue weighted by molar-refractivity contribution is -0.139. The first kappa shape index (κ1) is 11.2. The Morgan fingerprint density at radius 2 is 1.72 bits per heavy atom. The van der Waals surface area contributed by atoms with E-state index in [9.17, 15) is 9.59 Å². The highest BCUT2D eigenvalue weighted by molar-refractivity contribution is 6.13. The Labute approximate surface area is 105 Å². The average Bonchev–Trinajstić information content (AvgIpc) is 3.11. The normalized spacial score (nSPS) is 27.7. The van der Waals surface area contributed by atoms with Crippen molar-refractivity contribution in [1.29, 1.82) is 0 Å². The van der Waals surface area contributed by atoms with Gasteiger partial charge in [0.25, 0.3) is 11.8 Å². The standard InChI is InChI=1S/C14H13NO3/c1-9(15-11(16)7-8-12(15)17)13-14(18-13)10-5-3-2-4-6-10/h2-9,13-14H,1H3. The number of hydrogen-bond acceptors (Lipinski definition) is 3. The second kappa shape index (κ2) is 4.07. The number of amides is 2. The van der Waals surface area contributed by atoms with Crippen LogP contribution < -0.4 is 0 Å². The number of epoxide rings is 1. The first-order valence-electron chi connectivity index (χ1n) is 5.94. The number of imide groups is 1. The molecule has 0 N–H and O–H groups in total. The van der Waals surface area contributed by atoms with Gasteiger partial charge in [0.15, 0.2) is 0 Å². The van der Waals surface area contributed by atoms with Crippen molar-refractivity contribution in [3.8, 4) is 0 Å². The largest absolute Gasteiger partial charge is 0.362 e. The molecular weight excluding hydrogens is 230 g/mol. The molecule has 4 heteroatoms. The van der Waals surface area contributed by atoms with E-state index < -0.39 is 0 Å². The third-order valence-electron chi connectivity index (χ3n) is 3.38. The average molecular weight is 243 g/mol. The number of hydrogen-bond donors (Lipinski definition) is 0. The van der Waals surface area contributed by atoms with Gasteiger partial charge in [0.05, 0.1) is 6.04 Å². The Morgan fingerprint density at radius 3 is 2.33 bits per heavy atom. The van der Waals surface area contributed by atoms with Gasteiger partial charge >= 0.3 is 0 Å². The van der Waals surface area contributed by atoms with Crippen LogP contribution in [0.15, 0.2) is 42.5 Å². The van der Waals surface area contributed by atoms with E-state index in [2.05, 4.69) is 0 Å². The van der Waals surface area contributed by atoms with Crippen LogP contribution in [0.3, 0.4) is 0 Å². The van der Waals surface area contributed by atoms with E-state index in [1.54, 1.807) is 0 Å². The first-order valence-corrected chi connectivity index (χ1v) is 5.94. The van der Waals surface area contributed by atoms with Crippen LogP contribution in [0.1, 0.15) is 18.6 Å². The molecule has 1 aromatic rings. The van der Waals surface area contributed by atoms with E-state index in [1.807, 2.05) is 37.3 Å². The van der Waals surface area contributed by atoms with Crippen LogP contribution in [-0.4, -0.2) is 28.9 Å². The molecule has 2 heterocycles. The Bertz CT molecular complexity index is 505. The number of rotatable bonds is 3. The predicted molar refractivity (Wildman–Crippen MR) is 64.5 cm³/mol. The van der Waals surface area contributed by atoms with Crippen molar-refractivity contribution in [2.24, 2.45) is 0 Å². The summed E-state index contributed by atoms with van der Waals surface area (Å²) in [7, 11) is 0. The van der Waals surface area contributed by atoms with E-state index in [-0.39, 0.29) is 30.1 Å². The SMILES string of the molecule is CC(C1OC1c1ccccc1)N1C(=O)C=CC1=O. The van der Waals surface area contributed by atoms with Crippen LogP contribution in [0.4, 0.5) is 0 Å². The molecule has 92 valence electrons. The fourth-order valence-corrected chi connectivity index (χ4v) is 2.36. The maximum Gasteiger partial charge on any atom is 0.253 e.